The molecule has 2 fully saturated rings. The van der Waals surface area contributed by atoms with Crippen molar-refractivity contribution in [1.82, 2.24) is 24.8 Å². The van der Waals surface area contributed by atoms with Crippen LogP contribution in [-0.2, 0) is 4.79 Å². The van der Waals surface area contributed by atoms with Crippen molar-refractivity contribution in [3.8, 4) is 35.7 Å². The monoisotopic (exact) mass is 607 g/mol. The minimum Gasteiger partial charge on any atom is -0.462 e. The number of anilines is 1. The van der Waals surface area contributed by atoms with Crippen molar-refractivity contribution >= 4 is 33.4 Å². The van der Waals surface area contributed by atoms with Crippen LogP contribution in [0.25, 0.3) is 32.9 Å². The molecule has 4 aromatic rings. The normalized spacial score (nSPS) is 18.6. The van der Waals surface area contributed by atoms with Crippen LogP contribution < -0.4 is 9.64 Å². The number of fused-ring (bicyclic) bond motifs is 2. The first-order chi connectivity index (χ1) is 21.8. The number of benzene rings is 2. The molecule has 9 nitrogen and oxygen atoms in total. The van der Waals surface area contributed by atoms with E-state index < -0.39 is 23.6 Å². The molecule has 45 heavy (non-hydrogen) atoms. The Hall–Kier alpha value is -5.13. The molecule has 0 spiro atoms. The summed E-state index contributed by atoms with van der Waals surface area (Å²) in [6, 6.07) is 12.7. The lowest BCUT2D eigenvalue weighted by molar-refractivity contribution is -0.131. The molecule has 2 aromatic heterocycles. The fourth-order valence-corrected chi connectivity index (χ4v) is 6.29. The van der Waals surface area contributed by atoms with E-state index in [9.17, 15) is 14.4 Å². The van der Waals surface area contributed by atoms with Gasteiger partial charge in [0.1, 0.15) is 23.6 Å². The quantitative estimate of drug-likeness (QED) is 0.217. The van der Waals surface area contributed by atoms with Crippen molar-refractivity contribution in [3.63, 3.8) is 0 Å². The predicted molar refractivity (Wildman–Crippen MR) is 168 cm³/mol. The Kier molecular flexibility index (Phi) is 8.29. The maximum atomic E-state index is 16.7. The van der Waals surface area contributed by atoms with Gasteiger partial charge in [-0.2, -0.15) is 15.2 Å². The van der Waals surface area contributed by atoms with Gasteiger partial charge in [0.15, 0.2) is 11.6 Å². The third-order valence-electron chi connectivity index (χ3n) is 8.64. The van der Waals surface area contributed by atoms with Crippen LogP contribution in [-0.4, -0.2) is 82.6 Å². The average Bonchev–Trinajstić information content (AvgIpc) is 3.47. The Morgan fingerprint density at radius 2 is 1.98 bits per heavy atom. The summed E-state index contributed by atoms with van der Waals surface area (Å²) in [7, 11) is 2.03. The van der Waals surface area contributed by atoms with Crippen LogP contribution in [0.4, 0.5) is 14.6 Å². The number of amides is 1. The highest BCUT2D eigenvalue weighted by atomic mass is 19.1. The topological polar surface area (TPSA) is 98.5 Å². The fraction of sp³-hybridized carbons (Fsp3) is 0.324. The van der Waals surface area contributed by atoms with Crippen LogP contribution in [0.2, 0.25) is 0 Å². The summed E-state index contributed by atoms with van der Waals surface area (Å²) < 4.78 is 36.6. The highest BCUT2D eigenvalue weighted by Gasteiger charge is 2.34. The molecule has 4 heterocycles. The van der Waals surface area contributed by atoms with Gasteiger partial charge in [-0.25, -0.2) is 8.78 Å². The SMILES string of the molecule is C#Cc1cccc2cccc(-c3ncc4c(N5CCN(C(=O)C(=C)F)[C@@H](CC#N)C5)nc(OC[C@@H]5CCCN5C)nc4c3F)c12. The van der Waals surface area contributed by atoms with E-state index in [-0.39, 0.29) is 49.3 Å². The number of terminal acetylenes is 1. The average molecular weight is 608 g/mol. The first-order valence-corrected chi connectivity index (χ1v) is 14.8. The number of carbonyl (C=O) groups is 1. The van der Waals surface area contributed by atoms with E-state index in [1.54, 1.807) is 12.1 Å². The number of halogens is 2. The second-order valence-electron chi connectivity index (χ2n) is 11.3. The van der Waals surface area contributed by atoms with Crippen LogP contribution in [0.1, 0.15) is 24.8 Å². The molecule has 0 unspecified atom stereocenters. The van der Waals surface area contributed by atoms with Crippen molar-refractivity contribution in [2.45, 2.75) is 31.3 Å². The Balaban J connectivity index is 1.47. The third-order valence-corrected chi connectivity index (χ3v) is 8.64. The smallest absolute Gasteiger partial charge is 0.319 e. The van der Waals surface area contributed by atoms with Crippen LogP contribution in [0, 0.1) is 29.5 Å². The molecule has 2 saturated heterocycles. The number of nitrogens with zero attached hydrogens (tertiary/aromatic N) is 7. The molecule has 2 aromatic carbocycles. The van der Waals surface area contributed by atoms with Crippen LogP contribution in [0.3, 0.4) is 0 Å². The van der Waals surface area contributed by atoms with Gasteiger partial charge in [0.2, 0.25) is 0 Å². The number of likely N-dealkylation sites (N-methyl/N-ethyl adjacent to an activating group) is 1. The number of hydrogen-bond donors (Lipinski definition) is 0. The molecule has 1 amide bonds. The Morgan fingerprint density at radius 1 is 1.18 bits per heavy atom. The van der Waals surface area contributed by atoms with Gasteiger partial charge >= 0.3 is 6.01 Å². The van der Waals surface area contributed by atoms with E-state index in [1.807, 2.05) is 36.2 Å². The summed E-state index contributed by atoms with van der Waals surface area (Å²) in [5, 5.41) is 11.4. The van der Waals surface area contributed by atoms with Crippen LogP contribution >= 0.6 is 0 Å². The minimum absolute atomic E-state index is 0.00330. The maximum absolute atomic E-state index is 16.7. The van der Waals surface area contributed by atoms with Gasteiger partial charge < -0.3 is 19.4 Å². The zero-order valence-electron chi connectivity index (χ0n) is 24.8. The number of pyridine rings is 1. The number of carbonyl (C=O) groups excluding carboxylic acids is 1. The number of piperazine rings is 1. The van der Waals surface area contributed by atoms with Crippen molar-refractivity contribution in [2.75, 3.05) is 44.7 Å². The standard InChI is InChI=1S/C34H31F2N7O2/c1-4-22-8-5-9-23-10-6-12-26(28(22)23)30-29(36)31-27(18-38-30)32(40-34(39-31)45-20-25-11-7-15-41(25)3)42-16-17-43(33(44)21(2)35)24(19-42)13-14-37/h1,5-6,8-10,12,18,24-25H,2,7,11,13,15-17,19-20H2,3H3/t24-,25-/m0/s1. The van der Waals surface area contributed by atoms with Gasteiger partial charge in [-0.05, 0) is 37.9 Å². The van der Waals surface area contributed by atoms with E-state index in [2.05, 4.69) is 33.4 Å². The molecule has 11 heteroatoms. The lowest BCUT2D eigenvalue weighted by Gasteiger charge is -2.41. The molecule has 2 aliphatic heterocycles. The molecular weight excluding hydrogens is 576 g/mol. The zero-order chi connectivity index (χ0) is 31.7. The molecule has 0 N–H and O–H groups in total. The molecule has 0 aliphatic carbocycles. The molecule has 228 valence electrons. The number of nitriles is 1. The molecule has 0 bridgehead atoms. The second-order valence-corrected chi connectivity index (χ2v) is 11.3. The van der Waals surface area contributed by atoms with Crippen molar-refractivity contribution in [2.24, 2.45) is 0 Å². The molecule has 2 atom stereocenters. The lowest BCUT2D eigenvalue weighted by Crippen LogP contribution is -2.55. The molecule has 2 aliphatic rings. The number of aromatic nitrogens is 3. The van der Waals surface area contributed by atoms with Gasteiger partial charge in [0, 0.05) is 48.4 Å². The maximum Gasteiger partial charge on any atom is 0.319 e. The second kappa shape index (κ2) is 12.5. The van der Waals surface area contributed by atoms with E-state index in [1.165, 1.54) is 11.1 Å². The van der Waals surface area contributed by atoms with Gasteiger partial charge in [-0.1, -0.05) is 42.8 Å². The van der Waals surface area contributed by atoms with E-state index in [0.717, 1.165) is 24.8 Å². The van der Waals surface area contributed by atoms with E-state index in [0.29, 0.717) is 34.3 Å². The third kappa shape index (κ3) is 5.63. The highest BCUT2D eigenvalue weighted by Crippen LogP contribution is 2.36. The molecule has 0 radical (unpaired) electrons. The van der Waals surface area contributed by atoms with Gasteiger partial charge in [0.25, 0.3) is 5.91 Å². The summed E-state index contributed by atoms with van der Waals surface area (Å²) in [6.07, 6.45) is 9.31. The van der Waals surface area contributed by atoms with Crippen LogP contribution in [0.15, 0.2) is 55.0 Å². The summed E-state index contributed by atoms with van der Waals surface area (Å²) in [5.74, 6) is 0.438. The van der Waals surface area contributed by atoms with Crippen molar-refractivity contribution in [1.29, 1.82) is 5.26 Å². The number of rotatable bonds is 7. The first kappa shape index (κ1) is 29.9. The number of hydrogen-bond acceptors (Lipinski definition) is 8. The largest absolute Gasteiger partial charge is 0.462 e. The van der Waals surface area contributed by atoms with Crippen molar-refractivity contribution in [3.05, 3.63) is 66.4 Å². The minimum atomic E-state index is -1.09. The summed E-state index contributed by atoms with van der Waals surface area (Å²) in [4.78, 5) is 31.6. The molecule has 0 saturated carbocycles. The highest BCUT2D eigenvalue weighted by molar-refractivity contribution is 6.02. The van der Waals surface area contributed by atoms with Gasteiger partial charge in [-0.15, -0.1) is 6.42 Å². The first-order valence-electron chi connectivity index (χ1n) is 14.8. The van der Waals surface area contributed by atoms with E-state index in [4.69, 9.17) is 16.1 Å². The van der Waals surface area contributed by atoms with Gasteiger partial charge in [-0.3, -0.25) is 9.78 Å². The van der Waals surface area contributed by atoms with Gasteiger partial charge in [0.05, 0.1) is 23.9 Å². The summed E-state index contributed by atoms with van der Waals surface area (Å²) >= 11 is 0. The Labute approximate surface area is 259 Å². The Bertz CT molecular complexity index is 1890. The fourth-order valence-electron chi connectivity index (χ4n) is 6.29. The molecule has 6 rings (SSSR count). The Morgan fingerprint density at radius 3 is 2.69 bits per heavy atom. The van der Waals surface area contributed by atoms with Crippen LogP contribution in [0.5, 0.6) is 6.01 Å². The lowest BCUT2D eigenvalue weighted by atomic mass is 9.97. The predicted octanol–water partition coefficient (Wildman–Crippen LogP) is 4.85. The summed E-state index contributed by atoms with van der Waals surface area (Å²) in [6.45, 7) is 4.93. The zero-order valence-corrected chi connectivity index (χ0v) is 24.8. The van der Waals surface area contributed by atoms with Crippen molar-refractivity contribution < 1.29 is 18.3 Å². The summed E-state index contributed by atoms with van der Waals surface area (Å²) in [5.41, 5.74) is 1.25. The number of likely N-dealkylation sites (tertiary alicyclic amines) is 1. The van der Waals surface area contributed by atoms with E-state index >= 15 is 4.39 Å². The molecular formula is C34H31F2N7O2. The number of ether oxygens (including phenoxy) is 1.